The van der Waals surface area contributed by atoms with Crippen LogP contribution >= 0.6 is 0 Å². The van der Waals surface area contributed by atoms with Crippen molar-refractivity contribution in [3.05, 3.63) is 59.7 Å². The molecule has 9 heteroatoms. The van der Waals surface area contributed by atoms with E-state index < -0.39 is 0 Å². The lowest BCUT2D eigenvalue weighted by molar-refractivity contribution is 0.0955. The lowest BCUT2D eigenvalue weighted by Crippen LogP contribution is -2.21. The Hall–Kier alpha value is -3.75. The summed E-state index contributed by atoms with van der Waals surface area (Å²) >= 11 is 0. The summed E-state index contributed by atoms with van der Waals surface area (Å²) < 4.78 is 13.1. The summed E-state index contributed by atoms with van der Waals surface area (Å²) in [7, 11) is 3.09. The highest BCUT2D eigenvalue weighted by Gasteiger charge is 2.15. The Morgan fingerprint density at radius 1 is 1.03 bits per heavy atom. The minimum Gasteiger partial charge on any atom is -0.355 e. The van der Waals surface area contributed by atoms with Crippen LogP contribution in [-0.4, -0.2) is 36.7 Å². The molecule has 0 bridgehead atoms. The van der Waals surface area contributed by atoms with Crippen molar-refractivity contribution < 1.29 is 14.0 Å². The average molecular weight is 396 g/mol. The third kappa shape index (κ3) is 4.95. The SMILES string of the molecule is CNC(=O)c1cccc(Nc2cc(NC3=NC=C(F)CC3)ncc2C(=O)NC)c1. The molecule has 29 heavy (non-hydrogen) atoms. The highest BCUT2D eigenvalue weighted by Crippen LogP contribution is 2.25. The molecule has 2 aromatic rings. The van der Waals surface area contributed by atoms with Gasteiger partial charge in [0, 0.05) is 50.5 Å². The molecule has 0 saturated heterocycles. The predicted molar refractivity (Wildman–Crippen MR) is 110 cm³/mol. The molecule has 0 radical (unpaired) electrons. The Morgan fingerprint density at radius 2 is 1.83 bits per heavy atom. The van der Waals surface area contributed by atoms with Crippen molar-refractivity contribution in [3.63, 3.8) is 0 Å². The fourth-order valence-corrected chi connectivity index (χ4v) is 2.74. The van der Waals surface area contributed by atoms with Gasteiger partial charge in [0.2, 0.25) is 0 Å². The van der Waals surface area contributed by atoms with E-state index in [1.54, 1.807) is 37.4 Å². The van der Waals surface area contributed by atoms with E-state index in [0.717, 1.165) is 0 Å². The number of carbonyl (C=O) groups excluding carboxylic acids is 2. The number of halogens is 1. The molecule has 4 N–H and O–H groups in total. The molecule has 150 valence electrons. The van der Waals surface area contributed by atoms with Crippen molar-refractivity contribution in [3.8, 4) is 0 Å². The molecule has 1 aromatic heterocycles. The van der Waals surface area contributed by atoms with Gasteiger partial charge in [-0.25, -0.2) is 14.4 Å². The number of amides is 2. The number of aromatic nitrogens is 1. The van der Waals surface area contributed by atoms with Gasteiger partial charge in [-0.05, 0) is 18.2 Å². The number of benzene rings is 1. The Kier molecular flexibility index (Phi) is 6.18. The van der Waals surface area contributed by atoms with Gasteiger partial charge in [0.1, 0.15) is 17.5 Å². The van der Waals surface area contributed by atoms with E-state index >= 15 is 0 Å². The second-order valence-electron chi connectivity index (χ2n) is 6.26. The van der Waals surface area contributed by atoms with Crippen LogP contribution in [0.5, 0.6) is 0 Å². The van der Waals surface area contributed by atoms with Gasteiger partial charge in [0.05, 0.1) is 17.5 Å². The molecule has 0 fully saturated rings. The van der Waals surface area contributed by atoms with Gasteiger partial charge in [-0.2, -0.15) is 0 Å². The molecule has 0 saturated carbocycles. The van der Waals surface area contributed by atoms with Gasteiger partial charge in [0.15, 0.2) is 0 Å². The van der Waals surface area contributed by atoms with Crippen LogP contribution in [0.25, 0.3) is 0 Å². The van der Waals surface area contributed by atoms with E-state index in [2.05, 4.69) is 31.2 Å². The molecule has 1 aromatic carbocycles. The number of pyridine rings is 1. The number of nitrogens with zero attached hydrogens (tertiary/aromatic N) is 2. The van der Waals surface area contributed by atoms with E-state index in [4.69, 9.17) is 0 Å². The molecule has 8 nitrogen and oxygen atoms in total. The number of hydrogen-bond acceptors (Lipinski definition) is 6. The molecule has 3 rings (SSSR count). The highest BCUT2D eigenvalue weighted by molar-refractivity contribution is 6.02. The van der Waals surface area contributed by atoms with Crippen molar-refractivity contribution in [2.24, 2.45) is 4.99 Å². The topological polar surface area (TPSA) is 108 Å². The summed E-state index contributed by atoms with van der Waals surface area (Å²) in [6.07, 6.45) is 3.32. The normalized spacial score (nSPS) is 13.1. The zero-order valence-corrected chi connectivity index (χ0v) is 16.0. The minimum absolute atomic E-state index is 0.215. The molecule has 0 aliphatic carbocycles. The largest absolute Gasteiger partial charge is 0.355 e. The Bertz CT molecular complexity index is 1000. The molecule has 1 aliphatic heterocycles. The molecule has 2 heterocycles. The molecule has 0 atom stereocenters. The molecular weight excluding hydrogens is 375 g/mol. The maximum absolute atomic E-state index is 13.1. The van der Waals surface area contributed by atoms with Gasteiger partial charge in [-0.15, -0.1) is 0 Å². The average Bonchev–Trinajstić information content (AvgIpc) is 2.74. The summed E-state index contributed by atoms with van der Waals surface area (Å²) in [5.74, 6) is 0.245. The smallest absolute Gasteiger partial charge is 0.254 e. The number of nitrogens with one attached hydrogen (secondary N) is 4. The number of carbonyl (C=O) groups is 2. The molecular formula is C20H21FN6O2. The zero-order chi connectivity index (χ0) is 20.8. The maximum atomic E-state index is 13.1. The van der Waals surface area contributed by atoms with Crippen molar-refractivity contribution in [1.82, 2.24) is 15.6 Å². The summed E-state index contributed by atoms with van der Waals surface area (Å²) in [6, 6.07) is 8.56. The Labute approximate surface area is 167 Å². The summed E-state index contributed by atoms with van der Waals surface area (Å²) in [6.45, 7) is 0. The van der Waals surface area contributed by atoms with Crippen molar-refractivity contribution in [1.29, 1.82) is 0 Å². The van der Waals surface area contributed by atoms with Gasteiger partial charge in [-0.3, -0.25) is 9.59 Å². The van der Waals surface area contributed by atoms with Crippen LogP contribution in [0, 0.1) is 0 Å². The summed E-state index contributed by atoms with van der Waals surface area (Å²) in [4.78, 5) is 32.4. The lowest BCUT2D eigenvalue weighted by Gasteiger charge is -2.15. The fourth-order valence-electron chi connectivity index (χ4n) is 2.74. The van der Waals surface area contributed by atoms with Crippen LogP contribution in [0.1, 0.15) is 33.6 Å². The lowest BCUT2D eigenvalue weighted by atomic mass is 10.1. The zero-order valence-electron chi connectivity index (χ0n) is 16.0. The molecule has 0 spiro atoms. The van der Waals surface area contributed by atoms with Gasteiger partial charge >= 0.3 is 0 Å². The highest BCUT2D eigenvalue weighted by atomic mass is 19.1. The fraction of sp³-hybridized carbons (Fsp3) is 0.200. The number of hydrogen-bond donors (Lipinski definition) is 4. The third-order valence-corrected chi connectivity index (χ3v) is 4.24. The summed E-state index contributed by atoms with van der Waals surface area (Å²) in [5.41, 5.74) is 1.94. The third-order valence-electron chi connectivity index (χ3n) is 4.24. The van der Waals surface area contributed by atoms with Crippen LogP contribution in [0.4, 0.5) is 21.6 Å². The van der Waals surface area contributed by atoms with Crippen molar-refractivity contribution >= 4 is 34.8 Å². The number of amidine groups is 1. The maximum Gasteiger partial charge on any atom is 0.254 e. The van der Waals surface area contributed by atoms with Crippen LogP contribution in [0.3, 0.4) is 0 Å². The standard InChI is InChI=1S/C20H21FN6O2/c1-22-19(28)12-4-3-5-14(8-12)26-16-9-18(25-11-15(16)20(29)23-2)27-17-7-6-13(21)10-24-17/h3-5,8-11H,6-7H2,1-2H3,(H,22,28)(H,23,29)(H2,24,25,26,27). The minimum atomic E-state index is -0.311. The number of aliphatic imine (C=N–C) groups is 1. The van der Waals surface area contributed by atoms with Gasteiger partial charge in [0.25, 0.3) is 11.8 Å². The van der Waals surface area contributed by atoms with E-state index in [1.165, 1.54) is 19.4 Å². The van der Waals surface area contributed by atoms with E-state index in [9.17, 15) is 14.0 Å². The van der Waals surface area contributed by atoms with Crippen molar-refractivity contribution in [2.45, 2.75) is 12.8 Å². The van der Waals surface area contributed by atoms with Crippen LogP contribution in [0.15, 0.2) is 53.5 Å². The first-order valence-electron chi connectivity index (χ1n) is 8.99. The second kappa shape index (κ2) is 8.96. The van der Waals surface area contributed by atoms with Crippen LogP contribution < -0.4 is 21.3 Å². The van der Waals surface area contributed by atoms with Crippen LogP contribution in [0.2, 0.25) is 0 Å². The predicted octanol–water partition coefficient (Wildman–Crippen LogP) is 2.96. The Morgan fingerprint density at radius 3 is 2.52 bits per heavy atom. The van der Waals surface area contributed by atoms with Gasteiger partial charge in [-0.1, -0.05) is 6.07 Å². The molecule has 1 aliphatic rings. The monoisotopic (exact) mass is 396 g/mol. The van der Waals surface area contributed by atoms with Crippen LogP contribution in [-0.2, 0) is 0 Å². The number of rotatable bonds is 5. The summed E-state index contributed by atoms with van der Waals surface area (Å²) in [5, 5.41) is 11.4. The number of anilines is 3. The first-order valence-corrected chi connectivity index (χ1v) is 8.99. The first kappa shape index (κ1) is 20.0. The van der Waals surface area contributed by atoms with E-state index in [1.807, 2.05) is 0 Å². The first-order chi connectivity index (χ1) is 14.0. The number of allylic oxidation sites excluding steroid dienone is 1. The van der Waals surface area contributed by atoms with Crippen molar-refractivity contribution in [2.75, 3.05) is 24.7 Å². The van der Waals surface area contributed by atoms with Gasteiger partial charge < -0.3 is 21.3 Å². The molecule has 2 amide bonds. The molecule has 0 unspecified atom stereocenters. The Balaban J connectivity index is 1.90. The second-order valence-corrected chi connectivity index (χ2v) is 6.26. The van der Waals surface area contributed by atoms with E-state index in [-0.39, 0.29) is 24.1 Å². The quantitative estimate of drug-likeness (QED) is 0.622. The van der Waals surface area contributed by atoms with E-state index in [0.29, 0.717) is 40.6 Å².